The lowest BCUT2D eigenvalue weighted by Gasteiger charge is -1.99. The molecular formula is C12H18N4OS. The Morgan fingerprint density at radius 1 is 1.39 bits per heavy atom. The molecule has 0 aliphatic rings. The summed E-state index contributed by atoms with van der Waals surface area (Å²) in [6.07, 6.45) is 2.79. The molecule has 98 valence electrons. The molecule has 0 bridgehead atoms. The summed E-state index contributed by atoms with van der Waals surface area (Å²) < 4.78 is 7.13. The Labute approximate surface area is 111 Å². The van der Waals surface area contributed by atoms with Crippen molar-refractivity contribution in [1.29, 1.82) is 0 Å². The SMILES string of the molecule is CCCNCc1ccc(COc2ncn(C)n2)s1. The summed E-state index contributed by atoms with van der Waals surface area (Å²) in [6.45, 7) is 4.69. The largest absolute Gasteiger partial charge is 0.457 e. The molecule has 0 saturated heterocycles. The van der Waals surface area contributed by atoms with Gasteiger partial charge in [-0.1, -0.05) is 6.92 Å². The van der Waals surface area contributed by atoms with Crippen LogP contribution in [0.4, 0.5) is 0 Å². The van der Waals surface area contributed by atoms with Crippen molar-refractivity contribution in [3.63, 3.8) is 0 Å². The summed E-state index contributed by atoms with van der Waals surface area (Å²) in [4.78, 5) is 6.54. The van der Waals surface area contributed by atoms with Crippen molar-refractivity contribution in [1.82, 2.24) is 20.1 Å². The van der Waals surface area contributed by atoms with Crippen LogP contribution in [0.2, 0.25) is 0 Å². The summed E-state index contributed by atoms with van der Waals surface area (Å²) in [5, 5.41) is 7.45. The van der Waals surface area contributed by atoms with Gasteiger partial charge in [0.2, 0.25) is 0 Å². The normalized spacial score (nSPS) is 10.8. The Hall–Kier alpha value is -1.40. The van der Waals surface area contributed by atoms with E-state index >= 15 is 0 Å². The van der Waals surface area contributed by atoms with Gasteiger partial charge in [0.15, 0.2) is 0 Å². The molecule has 2 aromatic rings. The molecule has 0 aliphatic carbocycles. The standard InChI is InChI=1S/C12H18N4OS/c1-3-6-13-7-10-4-5-11(18-10)8-17-12-14-9-16(2)15-12/h4-5,9,13H,3,6-8H2,1-2H3. The Bertz CT molecular complexity index is 480. The molecule has 0 fully saturated rings. The molecule has 18 heavy (non-hydrogen) atoms. The van der Waals surface area contributed by atoms with Crippen molar-refractivity contribution in [2.45, 2.75) is 26.5 Å². The minimum absolute atomic E-state index is 0.427. The molecule has 0 saturated carbocycles. The highest BCUT2D eigenvalue weighted by Crippen LogP contribution is 2.17. The van der Waals surface area contributed by atoms with Crippen molar-refractivity contribution < 1.29 is 4.74 Å². The van der Waals surface area contributed by atoms with Crippen molar-refractivity contribution in [2.24, 2.45) is 7.05 Å². The van der Waals surface area contributed by atoms with Crippen LogP contribution in [-0.2, 0) is 20.2 Å². The fraction of sp³-hybridized carbons (Fsp3) is 0.500. The third-order valence-corrected chi connectivity index (χ3v) is 3.42. The number of aryl methyl sites for hydroxylation is 1. The summed E-state index contributed by atoms with van der Waals surface area (Å²) >= 11 is 1.76. The maximum Gasteiger partial charge on any atom is 0.335 e. The van der Waals surface area contributed by atoms with Gasteiger partial charge in [0, 0.05) is 23.3 Å². The van der Waals surface area contributed by atoms with Crippen LogP contribution in [0.25, 0.3) is 0 Å². The van der Waals surface area contributed by atoms with Gasteiger partial charge >= 0.3 is 6.01 Å². The van der Waals surface area contributed by atoms with Crippen LogP contribution in [0.15, 0.2) is 18.5 Å². The predicted octanol–water partition coefficient (Wildman–Crippen LogP) is 1.96. The first-order chi connectivity index (χ1) is 8.78. The Balaban J connectivity index is 1.79. The molecule has 0 radical (unpaired) electrons. The van der Waals surface area contributed by atoms with Gasteiger partial charge in [-0.25, -0.2) is 0 Å². The summed E-state index contributed by atoms with van der Waals surface area (Å²) in [7, 11) is 1.82. The minimum Gasteiger partial charge on any atom is -0.457 e. The van der Waals surface area contributed by atoms with Gasteiger partial charge < -0.3 is 10.1 Å². The number of nitrogens with zero attached hydrogens (tertiary/aromatic N) is 3. The van der Waals surface area contributed by atoms with Crippen LogP contribution in [0.1, 0.15) is 23.1 Å². The van der Waals surface area contributed by atoms with Crippen molar-refractivity contribution in [2.75, 3.05) is 6.54 Å². The zero-order valence-electron chi connectivity index (χ0n) is 10.7. The molecular weight excluding hydrogens is 248 g/mol. The Morgan fingerprint density at radius 2 is 2.22 bits per heavy atom. The van der Waals surface area contributed by atoms with Gasteiger partial charge in [-0.05, 0) is 25.1 Å². The molecule has 6 heteroatoms. The zero-order valence-corrected chi connectivity index (χ0v) is 11.5. The van der Waals surface area contributed by atoms with E-state index in [0.717, 1.165) is 19.5 Å². The second kappa shape index (κ2) is 6.51. The fourth-order valence-electron chi connectivity index (χ4n) is 1.50. The third kappa shape index (κ3) is 3.82. The Morgan fingerprint density at radius 3 is 2.94 bits per heavy atom. The molecule has 0 spiro atoms. The van der Waals surface area contributed by atoms with Crippen molar-refractivity contribution >= 4 is 11.3 Å². The van der Waals surface area contributed by atoms with E-state index in [1.165, 1.54) is 9.75 Å². The van der Waals surface area contributed by atoms with Crippen molar-refractivity contribution in [3.05, 3.63) is 28.2 Å². The average molecular weight is 266 g/mol. The van der Waals surface area contributed by atoms with E-state index in [0.29, 0.717) is 12.6 Å². The first-order valence-electron chi connectivity index (χ1n) is 6.04. The van der Waals surface area contributed by atoms with Crippen molar-refractivity contribution in [3.8, 4) is 6.01 Å². The number of nitrogens with one attached hydrogen (secondary N) is 1. The zero-order chi connectivity index (χ0) is 12.8. The minimum atomic E-state index is 0.427. The second-order valence-electron chi connectivity index (χ2n) is 4.03. The second-order valence-corrected chi connectivity index (χ2v) is 5.29. The number of thiophene rings is 1. The monoisotopic (exact) mass is 266 g/mol. The molecule has 2 aromatic heterocycles. The molecule has 2 rings (SSSR count). The van der Waals surface area contributed by atoms with Crippen LogP contribution in [0.3, 0.4) is 0 Å². The molecule has 0 amide bonds. The third-order valence-electron chi connectivity index (χ3n) is 2.37. The number of rotatable bonds is 7. The lowest BCUT2D eigenvalue weighted by molar-refractivity contribution is 0.283. The molecule has 0 aromatic carbocycles. The molecule has 0 atom stereocenters. The number of hydrogen-bond donors (Lipinski definition) is 1. The van der Waals surface area contributed by atoms with E-state index in [-0.39, 0.29) is 0 Å². The van der Waals surface area contributed by atoms with Crippen LogP contribution < -0.4 is 10.1 Å². The van der Waals surface area contributed by atoms with Crippen LogP contribution >= 0.6 is 11.3 Å². The number of hydrogen-bond acceptors (Lipinski definition) is 5. The quantitative estimate of drug-likeness (QED) is 0.778. The fourth-order valence-corrected chi connectivity index (χ4v) is 2.41. The van der Waals surface area contributed by atoms with Crippen LogP contribution in [0.5, 0.6) is 6.01 Å². The predicted molar refractivity (Wildman–Crippen MR) is 71.7 cm³/mol. The highest BCUT2D eigenvalue weighted by Gasteiger charge is 2.03. The highest BCUT2D eigenvalue weighted by molar-refractivity contribution is 7.11. The number of aromatic nitrogens is 3. The molecule has 5 nitrogen and oxygen atoms in total. The first-order valence-corrected chi connectivity index (χ1v) is 6.86. The lowest BCUT2D eigenvalue weighted by Crippen LogP contribution is -2.12. The lowest BCUT2D eigenvalue weighted by atomic mass is 10.4. The van der Waals surface area contributed by atoms with Gasteiger partial charge in [-0.3, -0.25) is 4.68 Å². The molecule has 1 N–H and O–H groups in total. The van der Waals surface area contributed by atoms with E-state index in [1.54, 1.807) is 22.3 Å². The van der Waals surface area contributed by atoms with E-state index in [2.05, 4.69) is 34.5 Å². The number of ether oxygens (including phenoxy) is 1. The Kier molecular flexibility index (Phi) is 4.72. The molecule has 2 heterocycles. The van der Waals surface area contributed by atoms with Crippen LogP contribution in [0, 0.1) is 0 Å². The topological polar surface area (TPSA) is 52.0 Å². The van der Waals surface area contributed by atoms with E-state index in [4.69, 9.17) is 4.74 Å². The van der Waals surface area contributed by atoms with Gasteiger partial charge in [0.05, 0.1) is 0 Å². The van der Waals surface area contributed by atoms with Gasteiger partial charge in [-0.15, -0.1) is 16.4 Å². The summed E-state index contributed by atoms with van der Waals surface area (Å²) in [5.41, 5.74) is 0. The summed E-state index contributed by atoms with van der Waals surface area (Å²) in [5.74, 6) is 0. The van der Waals surface area contributed by atoms with Gasteiger partial charge in [-0.2, -0.15) is 4.98 Å². The van der Waals surface area contributed by atoms with E-state index in [1.807, 2.05) is 7.05 Å². The van der Waals surface area contributed by atoms with Crippen LogP contribution in [-0.4, -0.2) is 21.3 Å². The molecule has 0 unspecified atom stereocenters. The average Bonchev–Trinajstić information content (AvgIpc) is 2.96. The summed E-state index contributed by atoms with van der Waals surface area (Å²) in [6, 6.07) is 4.66. The maximum absolute atomic E-state index is 5.50. The smallest absolute Gasteiger partial charge is 0.335 e. The first kappa shape index (κ1) is 13.0. The van der Waals surface area contributed by atoms with E-state index < -0.39 is 0 Å². The van der Waals surface area contributed by atoms with Gasteiger partial charge in [0.1, 0.15) is 12.9 Å². The van der Waals surface area contributed by atoms with E-state index in [9.17, 15) is 0 Å². The molecule has 0 aliphatic heterocycles. The maximum atomic E-state index is 5.50. The highest BCUT2D eigenvalue weighted by atomic mass is 32.1. The van der Waals surface area contributed by atoms with Gasteiger partial charge in [0.25, 0.3) is 0 Å².